The molecule has 0 bridgehead atoms. The fraction of sp³-hybridized carbons (Fsp3) is 0.0500. The van der Waals surface area contributed by atoms with Crippen molar-refractivity contribution < 1.29 is 17.9 Å². The van der Waals surface area contributed by atoms with Crippen molar-refractivity contribution in [3.63, 3.8) is 0 Å². The summed E-state index contributed by atoms with van der Waals surface area (Å²) in [6, 6.07) is 16.7. The molecule has 9 nitrogen and oxygen atoms in total. The molecule has 0 atom stereocenters. The molecule has 158 valence electrons. The van der Waals surface area contributed by atoms with Crippen molar-refractivity contribution >= 4 is 38.1 Å². The van der Waals surface area contributed by atoms with Gasteiger partial charge in [-0.3, -0.25) is 9.52 Å². The van der Waals surface area contributed by atoms with Gasteiger partial charge in [0.2, 0.25) is 0 Å². The predicted octanol–water partition coefficient (Wildman–Crippen LogP) is 3.43. The maximum Gasteiger partial charge on any atom is 0.276 e. The largest absolute Gasteiger partial charge is 0.471 e. The third kappa shape index (κ3) is 5.27. The van der Waals surface area contributed by atoms with E-state index in [1.807, 2.05) is 30.3 Å². The molecule has 0 aliphatic carbocycles. The summed E-state index contributed by atoms with van der Waals surface area (Å²) in [4.78, 5) is 16.4. The highest BCUT2D eigenvalue weighted by molar-refractivity contribution is 7.93. The number of thiazole rings is 1. The lowest BCUT2D eigenvalue weighted by molar-refractivity contribution is 0.102. The summed E-state index contributed by atoms with van der Waals surface area (Å²) in [5.41, 5.74) is 0.645. The molecule has 0 saturated carbocycles. The van der Waals surface area contributed by atoms with E-state index in [0.29, 0.717) is 11.4 Å². The van der Waals surface area contributed by atoms with Crippen molar-refractivity contribution in [2.24, 2.45) is 0 Å². The normalized spacial score (nSPS) is 11.1. The van der Waals surface area contributed by atoms with Gasteiger partial charge in [-0.05, 0) is 42.5 Å². The molecule has 4 rings (SSSR count). The number of ether oxygens (including phenoxy) is 1. The lowest BCUT2D eigenvalue weighted by Gasteiger charge is -2.07. The number of nitrogens with zero attached hydrogens (tertiary/aromatic N) is 3. The molecular weight excluding hydrogens is 438 g/mol. The zero-order valence-electron chi connectivity index (χ0n) is 16.0. The molecule has 1 amide bonds. The first kappa shape index (κ1) is 20.6. The number of benzene rings is 2. The summed E-state index contributed by atoms with van der Waals surface area (Å²) in [6.45, 7) is 0.163. The minimum atomic E-state index is -3.75. The van der Waals surface area contributed by atoms with Crippen molar-refractivity contribution in [2.45, 2.75) is 11.6 Å². The number of carbonyl (C=O) groups is 1. The number of sulfonamides is 1. The maximum absolute atomic E-state index is 12.4. The van der Waals surface area contributed by atoms with E-state index in [-0.39, 0.29) is 22.5 Å². The molecule has 0 spiro atoms. The van der Waals surface area contributed by atoms with Crippen LogP contribution in [0.3, 0.4) is 0 Å². The average Bonchev–Trinajstić information content (AvgIpc) is 3.45. The van der Waals surface area contributed by atoms with Gasteiger partial charge in [0.05, 0.1) is 4.90 Å². The minimum absolute atomic E-state index is 0.0584. The fourth-order valence-electron chi connectivity index (χ4n) is 2.57. The van der Waals surface area contributed by atoms with E-state index in [9.17, 15) is 13.2 Å². The van der Waals surface area contributed by atoms with E-state index in [1.54, 1.807) is 17.6 Å². The van der Waals surface area contributed by atoms with Crippen LogP contribution in [-0.2, 0) is 16.8 Å². The van der Waals surface area contributed by atoms with Gasteiger partial charge in [-0.1, -0.05) is 18.2 Å². The van der Waals surface area contributed by atoms with E-state index in [4.69, 9.17) is 4.74 Å². The second-order valence-electron chi connectivity index (χ2n) is 6.25. The Balaban J connectivity index is 1.36. The number of rotatable bonds is 8. The van der Waals surface area contributed by atoms with Gasteiger partial charge >= 0.3 is 0 Å². The Hall–Kier alpha value is -3.70. The number of hydrogen-bond acceptors (Lipinski definition) is 7. The van der Waals surface area contributed by atoms with Crippen molar-refractivity contribution in [3.05, 3.63) is 84.1 Å². The van der Waals surface area contributed by atoms with Gasteiger partial charge in [0.15, 0.2) is 17.6 Å². The first-order chi connectivity index (χ1) is 15.0. The summed E-state index contributed by atoms with van der Waals surface area (Å²) < 4.78 is 34.2. The molecule has 11 heteroatoms. The zero-order chi connectivity index (χ0) is 21.7. The van der Waals surface area contributed by atoms with Crippen LogP contribution in [0.15, 0.2) is 83.3 Å². The third-order valence-electron chi connectivity index (χ3n) is 4.06. The number of anilines is 2. The highest BCUT2D eigenvalue weighted by Crippen LogP contribution is 2.20. The summed E-state index contributed by atoms with van der Waals surface area (Å²) in [7, 11) is -3.75. The van der Waals surface area contributed by atoms with Crippen LogP contribution in [-0.4, -0.2) is 29.1 Å². The summed E-state index contributed by atoms with van der Waals surface area (Å²) in [5, 5.41) is 8.83. The van der Waals surface area contributed by atoms with E-state index in [2.05, 4.69) is 20.1 Å². The summed E-state index contributed by atoms with van der Waals surface area (Å²) in [5.74, 6) is 0.276. The minimum Gasteiger partial charge on any atom is -0.471 e. The molecule has 0 aliphatic heterocycles. The number of amides is 1. The van der Waals surface area contributed by atoms with E-state index in [0.717, 1.165) is 0 Å². The summed E-state index contributed by atoms with van der Waals surface area (Å²) >= 11 is 1.18. The van der Waals surface area contributed by atoms with Gasteiger partial charge in [0.1, 0.15) is 5.75 Å². The lowest BCUT2D eigenvalue weighted by atomic mass is 10.3. The number of aromatic nitrogens is 3. The molecule has 2 aromatic heterocycles. The van der Waals surface area contributed by atoms with Crippen LogP contribution in [0.5, 0.6) is 5.75 Å². The average molecular weight is 456 g/mol. The lowest BCUT2D eigenvalue weighted by Crippen LogP contribution is -2.15. The number of para-hydroxylation sites is 1. The molecule has 31 heavy (non-hydrogen) atoms. The molecule has 0 fully saturated rings. The van der Waals surface area contributed by atoms with Gasteiger partial charge in [0, 0.05) is 23.5 Å². The zero-order valence-corrected chi connectivity index (χ0v) is 17.6. The molecule has 2 N–H and O–H groups in total. The molecule has 0 aliphatic rings. The molecule has 0 radical (unpaired) electrons. The standard InChI is InChI=1S/C20H17N5O4S2/c26-19(18-10-12-25(23-18)14-29-16-4-2-1-3-5-16)22-15-6-8-17(9-7-15)31(27,28)24-20-21-11-13-30-20/h1-13H,14H2,(H,21,24)(H,22,26). The monoisotopic (exact) mass is 455 g/mol. The van der Waals surface area contributed by atoms with Crippen LogP contribution in [0.1, 0.15) is 10.5 Å². The molecule has 4 aromatic rings. The van der Waals surface area contributed by atoms with Crippen LogP contribution in [0, 0.1) is 0 Å². The quantitative estimate of drug-likeness (QED) is 0.421. The summed E-state index contributed by atoms with van der Waals surface area (Å²) in [6.07, 6.45) is 3.15. The first-order valence-electron chi connectivity index (χ1n) is 9.05. The Morgan fingerprint density at radius 3 is 2.55 bits per heavy atom. The highest BCUT2D eigenvalue weighted by Gasteiger charge is 2.16. The van der Waals surface area contributed by atoms with Crippen LogP contribution in [0.2, 0.25) is 0 Å². The Kier molecular flexibility index (Phi) is 5.96. The second-order valence-corrected chi connectivity index (χ2v) is 8.83. The number of carbonyl (C=O) groups excluding carboxylic acids is 1. The molecule has 2 heterocycles. The van der Waals surface area contributed by atoms with Crippen LogP contribution in [0.25, 0.3) is 0 Å². The SMILES string of the molecule is O=C(Nc1ccc(S(=O)(=O)Nc2nccs2)cc1)c1ccn(COc2ccccc2)n1. The van der Waals surface area contributed by atoms with E-state index >= 15 is 0 Å². The predicted molar refractivity (Wildman–Crippen MR) is 117 cm³/mol. The molecule has 0 unspecified atom stereocenters. The Bertz CT molecular complexity index is 1250. The van der Waals surface area contributed by atoms with Crippen molar-refractivity contribution in [1.82, 2.24) is 14.8 Å². The Morgan fingerprint density at radius 1 is 1.06 bits per heavy atom. The number of hydrogen-bond donors (Lipinski definition) is 2. The van der Waals surface area contributed by atoms with Crippen molar-refractivity contribution in [1.29, 1.82) is 0 Å². The van der Waals surface area contributed by atoms with Gasteiger partial charge in [-0.2, -0.15) is 5.10 Å². The number of nitrogens with one attached hydrogen (secondary N) is 2. The van der Waals surface area contributed by atoms with Crippen molar-refractivity contribution in [3.8, 4) is 5.75 Å². The highest BCUT2D eigenvalue weighted by atomic mass is 32.2. The van der Waals surface area contributed by atoms with Gasteiger partial charge in [0.25, 0.3) is 15.9 Å². The van der Waals surface area contributed by atoms with Crippen molar-refractivity contribution in [2.75, 3.05) is 10.0 Å². The van der Waals surface area contributed by atoms with E-state index in [1.165, 1.54) is 46.5 Å². The van der Waals surface area contributed by atoms with Gasteiger partial charge in [-0.15, -0.1) is 11.3 Å². The fourth-order valence-corrected chi connectivity index (χ4v) is 4.36. The van der Waals surface area contributed by atoms with E-state index < -0.39 is 15.9 Å². The van der Waals surface area contributed by atoms with Crippen LogP contribution in [0.4, 0.5) is 10.8 Å². The maximum atomic E-state index is 12.4. The molecule has 2 aromatic carbocycles. The Labute approximate surface area is 182 Å². The van der Waals surface area contributed by atoms with Gasteiger partial charge < -0.3 is 10.1 Å². The third-order valence-corrected chi connectivity index (χ3v) is 6.23. The van der Waals surface area contributed by atoms with Crippen LogP contribution >= 0.6 is 11.3 Å². The Morgan fingerprint density at radius 2 is 1.84 bits per heavy atom. The molecule has 0 saturated heterocycles. The first-order valence-corrected chi connectivity index (χ1v) is 11.4. The topological polar surface area (TPSA) is 115 Å². The smallest absolute Gasteiger partial charge is 0.276 e. The second kappa shape index (κ2) is 8.98. The van der Waals surface area contributed by atoms with Gasteiger partial charge in [-0.25, -0.2) is 18.1 Å². The molecular formula is C20H17N5O4S2. The van der Waals surface area contributed by atoms with Crippen LogP contribution < -0.4 is 14.8 Å².